The molecule has 2 rings (SSSR count). The number of hydrogen-bond acceptors (Lipinski definition) is 4. The Labute approximate surface area is 130 Å². The van der Waals surface area contributed by atoms with Crippen LogP contribution in [0.3, 0.4) is 0 Å². The number of esters is 1. The number of aromatic amines is 1. The van der Waals surface area contributed by atoms with Gasteiger partial charge in [0.05, 0.1) is 0 Å². The third-order valence-electron chi connectivity index (χ3n) is 2.82. The first-order chi connectivity index (χ1) is 11.0. The van der Waals surface area contributed by atoms with E-state index in [0.29, 0.717) is 5.69 Å². The number of carbonyl (C=O) groups excluding carboxylic acids is 2. The highest BCUT2D eigenvalue weighted by molar-refractivity contribution is 5.96. The van der Waals surface area contributed by atoms with Gasteiger partial charge in [-0.1, -0.05) is 0 Å². The van der Waals surface area contributed by atoms with Crippen LogP contribution < -0.4 is 10.1 Å². The highest BCUT2D eigenvalue weighted by atomic mass is 19.3. The Kier molecular flexibility index (Phi) is 5.29. The van der Waals surface area contributed by atoms with Gasteiger partial charge in [-0.3, -0.25) is 4.79 Å². The summed E-state index contributed by atoms with van der Waals surface area (Å²) in [4.78, 5) is 26.3. The van der Waals surface area contributed by atoms with Gasteiger partial charge in [-0.25, -0.2) is 4.79 Å². The zero-order chi connectivity index (χ0) is 16.8. The summed E-state index contributed by atoms with van der Waals surface area (Å²) in [5.41, 5.74) is 0.595. The van der Waals surface area contributed by atoms with Crippen LogP contribution in [-0.4, -0.2) is 29.6 Å². The Morgan fingerprint density at radius 2 is 1.87 bits per heavy atom. The minimum Gasteiger partial charge on any atom is -0.448 e. The fourth-order valence-electron chi connectivity index (χ4n) is 1.70. The highest BCUT2D eigenvalue weighted by Crippen LogP contribution is 2.18. The van der Waals surface area contributed by atoms with E-state index in [1.54, 1.807) is 12.3 Å². The lowest BCUT2D eigenvalue weighted by Crippen LogP contribution is -2.30. The quantitative estimate of drug-likeness (QED) is 0.801. The first kappa shape index (κ1) is 16.5. The molecular weight excluding hydrogens is 310 g/mol. The number of carbonyl (C=O) groups is 2. The van der Waals surface area contributed by atoms with Gasteiger partial charge in [0.15, 0.2) is 6.10 Å². The van der Waals surface area contributed by atoms with Gasteiger partial charge in [0, 0.05) is 11.9 Å². The van der Waals surface area contributed by atoms with Gasteiger partial charge >= 0.3 is 12.6 Å². The molecule has 0 saturated carbocycles. The second kappa shape index (κ2) is 7.39. The van der Waals surface area contributed by atoms with Crippen LogP contribution in [0.15, 0.2) is 42.6 Å². The molecule has 0 fully saturated rings. The van der Waals surface area contributed by atoms with Crippen molar-refractivity contribution < 1.29 is 27.8 Å². The van der Waals surface area contributed by atoms with E-state index in [9.17, 15) is 18.4 Å². The molecular formula is C15H14F2N2O4. The van der Waals surface area contributed by atoms with Gasteiger partial charge in [0.25, 0.3) is 5.91 Å². The SMILES string of the molecule is C[C@@H](OC(=O)c1ccc[nH]1)C(=O)Nc1ccc(OC(F)F)cc1. The van der Waals surface area contributed by atoms with E-state index >= 15 is 0 Å². The summed E-state index contributed by atoms with van der Waals surface area (Å²) in [6, 6.07) is 8.53. The number of amides is 1. The largest absolute Gasteiger partial charge is 0.448 e. The molecule has 122 valence electrons. The van der Waals surface area contributed by atoms with Crippen LogP contribution in [0.4, 0.5) is 14.5 Å². The van der Waals surface area contributed by atoms with Crippen molar-refractivity contribution in [3.8, 4) is 5.75 Å². The van der Waals surface area contributed by atoms with Crippen molar-refractivity contribution in [2.75, 3.05) is 5.32 Å². The van der Waals surface area contributed by atoms with E-state index in [-0.39, 0.29) is 11.4 Å². The number of ether oxygens (including phenoxy) is 2. The Balaban J connectivity index is 1.89. The van der Waals surface area contributed by atoms with E-state index in [1.165, 1.54) is 37.3 Å². The molecule has 23 heavy (non-hydrogen) atoms. The van der Waals surface area contributed by atoms with Crippen LogP contribution in [0, 0.1) is 0 Å². The maximum absolute atomic E-state index is 12.0. The van der Waals surface area contributed by atoms with Crippen molar-refractivity contribution in [2.24, 2.45) is 0 Å². The van der Waals surface area contributed by atoms with Crippen LogP contribution in [0.25, 0.3) is 0 Å². The second-order valence-corrected chi connectivity index (χ2v) is 4.52. The number of hydrogen-bond donors (Lipinski definition) is 2. The zero-order valence-corrected chi connectivity index (χ0v) is 12.1. The molecule has 0 saturated heterocycles. The molecule has 0 aliphatic rings. The third-order valence-corrected chi connectivity index (χ3v) is 2.82. The Morgan fingerprint density at radius 3 is 2.43 bits per heavy atom. The fraction of sp³-hybridized carbons (Fsp3) is 0.200. The molecule has 0 aliphatic carbocycles. The number of nitrogens with one attached hydrogen (secondary N) is 2. The molecule has 0 bridgehead atoms. The number of anilines is 1. The molecule has 1 aromatic carbocycles. The number of aromatic nitrogens is 1. The van der Waals surface area contributed by atoms with Gasteiger partial charge in [0.1, 0.15) is 11.4 Å². The maximum Gasteiger partial charge on any atom is 0.387 e. The molecule has 2 N–H and O–H groups in total. The minimum atomic E-state index is -2.91. The number of benzene rings is 1. The smallest absolute Gasteiger partial charge is 0.387 e. The normalized spacial score (nSPS) is 11.8. The molecule has 1 heterocycles. The number of H-pyrrole nitrogens is 1. The molecule has 0 unspecified atom stereocenters. The first-order valence-electron chi connectivity index (χ1n) is 6.66. The lowest BCUT2D eigenvalue weighted by molar-refractivity contribution is -0.123. The average Bonchev–Trinajstić information content (AvgIpc) is 3.03. The maximum atomic E-state index is 12.0. The summed E-state index contributed by atoms with van der Waals surface area (Å²) in [6.45, 7) is -1.49. The van der Waals surface area contributed by atoms with E-state index in [4.69, 9.17) is 4.74 Å². The monoisotopic (exact) mass is 324 g/mol. The molecule has 2 aromatic rings. The Morgan fingerprint density at radius 1 is 1.17 bits per heavy atom. The van der Waals surface area contributed by atoms with E-state index in [0.717, 1.165) is 0 Å². The summed E-state index contributed by atoms with van der Waals surface area (Å²) in [5.74, 6) is -1.23. The molecule has 0 radical (unpaired) electrons. The summed E-state index contributed by atoms with van der Waals surface area (Å²) in [6.07, 6.45) is 0.535. The van der Waals surface area contributed by atoms with Gasteiger partial charge in [-0.15, -0.1) is 0 Å². The van der Waals surface area contributed by atoms with Crippen molar-refractivity contribution in [3.05, 3.63) is 48.3 Å². The summed E-state index contributed by atoms with van der Waals surface area (Å²) < 4.78 is 33.3. The Bertz CT molecular complexity index is 657. The molecule has 1 atom stereocenters. The van der Waals surface area contributed by atoms with Gasteiger partial charge in [-0.2, -0.15) is 8.78 Å². The zero-order valence-electron chi connectivity index (χ0n) is 12.1. The summed E-state index contributed by atoms with van der Waals surface area (Å²) in [7, 11) is 0. The standard InChI is InChI=1S/C15H14F2N2O4/c1-9(22-14(21)12-3-2-8-18-12)13(20)19-10-4-6-11(7-5-10)23-15(16)17/h2-9,15,18H,1H3,(H,19,20)/t9-/m1/s1. The lowest BCUT2D eigenvalue weighted by atomic mass is 10.3. The Hall–Kier alpha value is -2.90. The van der Waals surface area contributed by atoms with Crippen LogP contribution in [0.2, 0.25) is 0 Å². The predicted octanol–water partition coefficient (Wildman–Crippen LogP) is 2.80. The van der Waals surface area contributed by atoms with E-state index in [1.807, 2.05) is 0 Å². The topological polar surface area (TPSA) is 80.4 Å². The number of rotatable bonds is 6. The molecule has 1 amide bonds. The highest BCUT2D eigenvalue weighted by Gasteiger charge is 2.19. The van der Waals surface area contributed by atoms with Crippen LogP contribution in [-0.2, 0) is 9.53 Å². The van der Waals surface area contributed by atoms with Crippen molar-refractivity contribution in [1.82, 2.24) is 4.98 Å². The molecule has 8 heteroatoms. The fourth-order valence-corrected chi connectivity index (χ4v) is 1.70. The molecule has 6 nitrogen and oxygen atoms in total. The van der Waals surface area contributed by atoms with Crippen LogP contribution in [0.5, 0.6) is 5.75 Å². The molecule has 1 aromatic heterocycles. The second-order valence-electron chi connectivity index (χ2n) is 4.52. The average molecular weight is 324 g/mol. The lowest BCUT2D eigenvalue weighted by Gasteiger charge is -2.13. The van der Waals surface area contributed by atoms with Crippen molar-refractivity contribution >= 4 is 17.6 Å². The number of alkyl halides is 2. The first-order valence-corrected chi connectivity index (χ1v) is 6.66. The van der Waals surface area contributed by atoms with E-state index in [2.05, 4.69) is 15.0 Å². The van der Waals surface area contributed by atoms with E-state index < -0.39 is 24.6 Å². The molecule has 0 aliphatic heterocycles. The van der Waals surface area contributed by atoms with Gasteiger partial charge in [-0.05, 0) is 43.3 Å². The van der Waals surface area contributed by atoms with Gasteiger partial charge < -0.3 is 19.8 Å². The van der Waals surface area contributed by atoms with Crippen molar-refractivity contribution in [2.45, 2.75) is 19.6 Å². The number of halogens is 2. The predicted molar refractivity (Wildman–Crippen MR) is 77.4 cm³/mol. The van der Waals surface area contributed by atoms with Crippen LogP contribution >= 0.6 is 0 Å². The van der Waals surface area contributed by atoms with Crippen molar-refractivity contribution in [3.63, 3.8) is 0 Å². The molecule has 0 spiro atoms. The van der Waals surface area contributed by atoms with Crippen molar-refractivity contribution in [1.29, 1.82) is 0 Å². The minimum absolute atomic E-state index is 0.0239. The summed E-state index contributed by atoms with van der Waals surface area (Å²) in [5, 5.41) is 2.50. The van der Waals surface area contributed by atoms with Crippen LogP contribution in [0.1, 0.15) is 17.4 Å². The van der Waals surface area contributed by atoms with Gasteiger partial charge in [0.2, 0.25) is 0 Å². The third kappa shape index (κ3) is 4.80. The summed E-state index contributed by atoms with van der Waals surface area (Å²) >= 11 is 0.